The van der Waals surface area contributed by atoms with Crippen molar-refractivity contribution in [1.82, 2.24) is 0 Å². The second kappa shape index (κ2) is 11.6. The van der Waals surface area contributed by atoms with E-state index in [0.717, 1.165) is 11.3 Å². The number of hydrogen-bond donors (Lipinski definition) is 0. The SMILES string of the molecule is CCOC(=O)C1=C(C)N(c2ccccc2)C(C)=C(C(=O)OCC)C1c1cccc(Oc2ccccc2)c1. The van der Waals surface area contributed by atoms with Crippen LogP contribution in [-0.4, -0.2) is 25.2 Å². The van der Waals surface area contributed by atoms with E-state index in [1.54, 1.807) is 13.8 Å². The molecule has 3 aromatic carbocycles. The first-order valence-corrected chi connectivity index (χ1v) is 12.4. The molecule has 0 unspecified atom stereocenters. The first-order chi connectivity index (χ1) is 18.0. The van der Waals surface area contributed by atoms with E-state index in [1.807, 2.05) is 104 Å². The third kappa shape index (κ3) is 5.43. The molecule has 0 fully saturated rings. The maximum atomic E-state index is 13.5. The maximum absolute atomic E-state index is 13.5. The molecule has 37 heavy (non-hydrogen) atoms. The number of esters is 2. The molecule has 0 aromatic heterocycles. The van der Waals surface area contributed by atoms with Crippen molar-refractivity contribution in [2.75, 3.05) is 18.1 Å². The van der Waals surface area contributed by atoms with Gasteiger partial charge in [0.05, 0.1) is 30.3 Å². The fraction of sp³-hybridized carbons (Fsp3) is 0.226. The molecule has 0 radical (unpaired) electrons. The number of nitrogens with zero attached hydrogens (tertiary/aromatic N) is 1. The number of benzene rings is 3. The van der Waals surface area contributed by atoms with Gasteiger partial charge in [0, 0.05) is 17.1 Å². The fourth-order valence-corrected chi connectivity index (χ4v) is 4.68. The highest BCUT2D eigenvalue weighted by Gasteiger charge is 2.41. The highest BCUT2D eigenvalue weighted by Crippen LogP contribution is 2.45. The molecule has 190 valence electrons. The summed E-state index contributed by atoms with van der Waals surface area (Å²) in [5.41, 5.74) is 3.71. The third-order valence-electron chi connectivity index (χ3n) is 6.20. The van der Waals surface area contributed by atoms with E-state index < -0.39 is 17.9 Å². The summed E-state index contributed by atoms with van der Waals surface area (Å²) in [6.07, 6.45) is 0. The lowest BCUT2D eigenvalue weighted by atomic mass is 9.79. The molecule has 4 rings (SSSR count). The Morgan fingerprint density at radius 2 is 1.22 bits per heavy atom. The Hall–Kier alpha value is -4.32. The molecule has 1 aliphatic rings. The Bertz CT molecular complexity index is 1290. The van der Waals surface area contributed by atoms with Crippen molar-refractivity contribution in [1.29, 1.82) is 0 Å². The number of para-hydroxylation sites is 2. The van der Waals surface area contributed by atoms with Crippen LogP contribution in [0.2, 0.25) is 0 Å². The highest BCUT2D eigenvalue weighted by atomic mass is 16.5. The summed E-state index contributed by atoms with van der Waals surface area (Å²) < 4.78 is 17.1. The molecule has 0 saturated carbocycles. The van der Waals surface area contributed by atoms with Crippen LogP contribution in [0, 0.1) is 0 Å². The Balaban J connectivity index is 1.91. The minimum Gasteiger partial charge on any atom is -0.463 e. The second-order valence-corrected chi connectivity index (χ2v) is 8.53. The van der Waals surface area contributed by atoms with Crippen molar-refractivity contribution in [2.45, 2.75) is 33.6 Å². The minimum atomic E-state index is -0.697. The Morgan fingerprint density at radius 1 is 0.703 bits per heavy atom. The number of ether oxygens (including phenoxy) is 3. The first kappa shape index (κ1) is 25.8. The van der Waals surface area contributed by atoms with Crippen molar-refractivity contribution < 1.29 is 23.8 Å². The van der Waals surface area contributed by atoms with Gasteiger partial charge in [0.15, 0.2) is 0 Å². The Morgan fingerprint density at radius 3 is 1.76 bits per heavy atom. The van der Waals surface area contributed by atoms with Crippen molar-refractivity contribution >= 4 is 17.6 Å². The summed E-state index contributed by atoms with van der Waals surface area (Å²) >= 11 is 0. The average Bonchev–Trinajstić information content (AvgIpc) is 2.90. The van der Waals surface area contributed by atoms with E-state index in [-0.39, 0.29) is 13.2 Å². The summed E-state index contributed by atoms with van der Waals surface area (Å²) in [5.74, 6) is -0.370. The van der Waals surface area contributed by atoms with Gasteiger partial charge in [-0.3, -0.25) is 0 Å². The molecule has 0 N–H and O–H groups in total. The van der Waals surface area contributed by atoms with E-state index in [1.165, 1.54) is 0 Å². The van der Waals surface area contributed by atoms with Crippen LogP contribution in [0.3, 0.4) is 0 Å². The van der Waals surface area contributed by atoms with Gasteiger partial charge < -0.3 is 19.1 Å². The molecular formula is C31H31NO5. The molecule has 1 heterocycles. The molecule has 6 nitrogen and oxygen atoms in total. The van der Waals surface area contributed by atoms with Crippen LogP contribution in [0.25, 0.3) is 0 Å². The van der Waals surface area contributed by atoms with Crippen molar-refractivity contribution in [3.05, 3.63) is 113 Å². The van der Waals surface area contributed by atoms with Gasteiger partial charge >= 0.3 is 11.9 Å². The van der Waals surface area contributed by atoms with Gasteiger partial charge in [-0.25, -0.2) is 9.59 Å². The number of carbonyl (C=O) groups excluding carboxylic acids is 2. The Kier molecular flexibility index (Phi) is 8.08. The number of hydrogen-bond acceptors (Lipinski definition) is 6. The molecule has 0 amide bonds. The summed E-state index contributed by atoms with van der Waals surface area (Å²) in [7, 11) is 0. The summed E-state index contributed by atoms with van der Waals surface area (Å²) in [4.78, 5) is 28.8. The summed E-state index contributed by atoms with van der Waals surface area (Å²) in [5, 5.41) is 0. The summed E-state index contributed by atoms with van der Waals surface area (Å²) in [6.45, 7) is 7.71. The van der Waals surface area contributed by atoms with Crippen molar-refractivity contribution in [2.24, 2.45) is 0 Å². The molecule has 0 bridgehead atoms. The number of carbonyl (C=O) groups is 2. The van der Waals surface area contributed by atoms with E-state index in [9.17, 15) is 9.59 Å². The zero-order valence-electron chi connectivity index (χ0n) is 21.6. The molecule has 0 atom stereocenters. The fourth-order valence-electron chi connectivity index (χ4n) is 4.68. The molecule has 3 aromatic rings. The zero-order valence-corrected chi connectivity index (χ0v) is 21.6. The van der Waals surface area contributed by atoms with Crippen LogP contribution in [0.15, 0.2) is 107 Å². The lowest BCUT2D eigenvalue weighted by Crippen LogP contribution is -2.35. The quantitative estimate of drug-likeness (QED) is 0.321. The topological polar surface area (TPSA) is 65.1 Å². The highest BCUT2D eigenvalue weighted by molar-refractivity contribution is 6.01. The molecule has 1 aliphatic heterocycles. The van der Waals surface area contributed by atoms with Gasteiger partial charge in [-0.05, 0) is 69.7 Å². The molecule has 0 spiro atoms. The van der Waals surface area contributed by atoms with Crippen LogP contribution in [0.5, 0.6) is 11.5 Å². The average molecular weight is 498 g/mol. The van der Waals surface area contributed by atoms with Gasteiger partial charge in [0.25, 0.3) is 0 Å². The van der Waals surface area contributed by atoms with Gasteiger partial charge in [0.1, 0.15) is 11.5 Å². The second-order valence-electron chi connectivity index (χ2n) is 8.53. The van der Waals surface area contributed by atoms with Gasteiger partial charge in [0.2, 0.25) is 0 Å². The van der Waals surface area contributed by atoms with Gasteiger partial charge in [-0.1, -0.05) is 48.5 Å². The molecule has 0 saturated heterocycles. The maximum Gasteiger partial charge on any atom is 0.336 e. The van der Waals surface area contributed by atoms with Crippen molar-refractivity contribution in [3.63, 3.8) is 0 Å². The van der Waals surface area contributed by atoms with Crippen LogP contribution in [0.1, 0.15) is 39.2 Å². The van der Waals surface area contributed by atoms with Crippen molar-refractivity contribution in [3.8, 4) is 11.5 Å². The predicted molar refractivity (Wildman–Crippen MR) is 143 cm³/mol. The predicted octanol–water partition coefficient (Wildman–Crippen LogP) is 6.76. The molecule has 6 heteroatoms. The minimum absolute atomic E-state index is 0.211. The van der Waals surface area contributed by atoms with Crippen LogP contribution >= 0.6 is 0 Å². The summed E-state index contributed by atoms with van der Waals surface area (Å²) in [6, 6.07) is 26.5. The van der Waals surface area contributed by atoms with Crippen LogP contribution in [-0.2, 0) is 19.1 Å². The third-order valence-corrected chi connectivity index (χ3v) is 6.20. The molecule has 0 aliphatic carbocycles. The lowest BCUT2D eigenvalue weighted by molar-refractivity contribution is -0.139. The normalized spacial score (nSPS) is 14.0. The van der Waals surface area contributed by atoms with E-state index >= 15 is 0 Å². The van der Waals surface area contributed by atoms with Gasteiger partial charge in [-0.2, -0.15) is 0 Å². The largest absolute Gasteiger partial charge is 0.463 e. The number of anilines is 1. The van der Waals surface area contributed by atoms with Crippen LogP contribution in [0.4, 0.5) is 5.69 Å². The number of rotatable bonds is 8. The lowest BCUT2D eigenvalue weighted by Gasteiger charge is -2.38. The molecular weight excluding hydrogens is 466 g/mol. The Labute approximate surface area is 217 Å². The van der Waals surface area contributed by atoms with E-state index in [2.05, 4.69) is 0 Å². The van der Waals surface area contributed by atoms with E-state index in [4.69, 9.17) is 14.2 Å². The standard InChI is InChI=1S/C31H31NO5/c1-5-35-30(33)27-21(3)32(24-15-9-7-10-16-24)22(4)28(31(34)36-6-2)29(27)23-14-13-19-26(20-23)37-25-17-11-8-12-18-25/h7-20,29H,5-6H2,1-4H3. The zero-order chi connectivity index (χ0) is 26.4. The first-order valence-electron chi connectivity index (χ1n) is 12.4. The van der Waals surface area contributed by atoms with Crippen LogP contribution < -0.4 is 9.64 Å². The van der Waals surface area contributed by atoms with E-state index in [0.29, 0.717) is 34.0 Å². The van der Waals surface area contributed by atoms with Gasteiger partial charge in [-0.15, -0.1) is 0 Å². The monoisotopic (exact) mass is 497 g/mol. The smallest absolute Gasteiger partial charge is 0.336 e. The number of allylic oxidation sites excluding steroid dienone is 2.